The van der Waals surface area contributed by atoms with Gasteiger partial charge in [0.1, 0.15) is 0 Å². The first kappa shape index (κ1) is 9.92. The van der Waals surface area contributed by atoms with Crippen molar-refractivity contribution in [1.29, 1.82) is 0 Å². The molecule has 0 aliphatic carbocycles. The molecule has 1 heterocycles. The molecule has 0 saturated carbocycles. The summed E-state index contributed by atoms with van der Waals surface area (Å²) in [7, 11) is 0. The van der Waals surface area contributed by atoms with Gasteiger partial charge < -0.3 is 0 Å². The molecule has 15 heavy (non-hydrogen) atoms. The molecular formula is C10H7BrN2O2. The average Bonchev–Trinajstić information content (AvgIpc) is 2.22. The van der Waals surface area contributed by atoms with E-state index in [1.54, 1.807) is 18.2 Å². The lowest BCUT2D eigenvalue weighted by atomic mass is 10.1. The normalized spacial score (nSPS) is 10.2. The van der Waals surface area contributed by atoms with Crippen LogP contribution in [0.15, 0.2) is 44.4 Å². The molecule has 0 aliphatic heterocycles. The topological polar surface area (TPSA) is 65.7 Å². The molecule has 5 heteroatoms. The van der Waals surface area contributed by atoms with Crippen LogP contribution >= 0.6 is 15.9 Å². The summed E-state index contributed by atoms with van der Waals surface area (Å²) < 4.78 is 0.861. The molecule has 2 rings (SSSR count). The summed E-state index contributed by atoms with van der Waals surface area (Å²) in [5.74, 6) is 0. The Kier molecular flexibility index (Phi) is 2.55. The first-order chi connectivity index (χ1) is 7.16. The van der Waals surface area contributed by atoms with E-state index in [4.69, 9.17) is 0 Å². The fourth-order valence-corrected chi connectivity index (χ4v) is 1.69. The van der Waals surface area contributed by atoms with Crippen LogP contribution in [-0.2, 0) is 0 Å². The van der Waals surface area contributed by atoms with Crippen LogP contribution in [0.4, 0.5) is 0 Å². The molecule has 4 nitrogen and oxygen atoms in total. The largest absolute Gasteiger partial charge is 0.270 e. The highest BCUT2D eigenvalue weighted by Gasteiger charge is 2.03. The van der Waals surface area contributed by atoms with E-state index >= 15 is 0 Å². The number of hydrogen-bond acceptors (Lipinski definition) is 2. The molecule has 2 aromatic rings. The predicted octanol–water partition coefficient (Wildman–Crippen LogP) is 1.49. The van der Waals surface area contributed by atoms with E-state index in [0.29, 0.717) is 11.1 Å². The number of aromatic amines is 2. The molecule has 1 aromatic heterocycles. The van der Waals surface area contributed by atoms with Gasteiger partial charge in [-0.05, 0) is 17.7 Å². The molecule has 0 bridgehead atoms. The standard InChI is InChI=1S/C10H7BrN2O2/c11-7-3-1-2-6(4-7)8-5-9(14)12-13-10(8)15/h1-5H,(H,12,14)(H,13,15). The monoisotopic (exact) mass is 266 g/mol. The Morgan fingerprint density at radius 1 is 1.07 bits per heavy atom. The number of benzene rings is 1. The fourth-order valence-electron chi connectivity index (χ4n) is 1.29. The summed E-state index contributed by atoms with van der Waals surface area (Å²) in [6.07, 6.45) is 0. The van der Waals surface area contributed by atoms with Gasteiger partial charge >= 0.3 is 0 Å². The third kappa shape index (κ3) is 2.07. The van der Waals surface area contributed by atoms with Gasteiger partial charge in [-0.15, -0.1) is 0 Å². The average molecular weight is 267 g/mol. The maximum Gasteiger partial charge on any atom is 0.270 e. The van der Waals surface area contributed by atoms with Crippen molar-refractivity contribution in [3.63, 3.8) is 0 Å². The van der Waals surface area contributed by atoms with Crippen LogP contribution in [0.25, 0.3) is 11.1 Å². The molecule has 0 unspecified atom stereocenters. The van der Waals surface area contributed by atoms with E-state index in [1.807, 2.05) is 6.07 Å². The lowest BCUT2D eigenvalue weighted by Gasteiger charge is -1.99. The first-order valence-corrected chi connectivity index (χ1v) is 5.04. The van der Waals surface area contributed by atoms with E-state index in [9.17, 15) is 9.59 Å². The highest BCUT2D eigenvalue weighted by atomic mass is 79.9. The Morgan fingerprint density at radius 3 is 2.60 bits per heavy atom. The lowest BCUT2D eigenvalue weighted by molar-refractivity contribution is 0.955. The van der Waals surface area contributed by atoms with E-state index in [0.717, 1.165) is 4.47 Å². The smallest absolute Gasteiger partial charge is 0.268 e. The molecule has 0 atom stereocenters. The minimum atomic E-state index is -0.329. The van der Waals surface area contributed by atoms with Gasteiger partial charge in [0.15, 0.2) is 0 Å². The number of halogens is 1. The van der Waals surface area contributed by atoms with Crippen LogP contribution in [0.1, 0.15) is 0 Å². The van der Waals surface area contributed by atoms with Crippen LogP contribution in [0.2, 0.25) is 0 Å². The highest BCUT2D eigenvalue weighted by Crippen LogP contribution is 2.18. The molecular weight excluding hydrogens is 260 g/mol. The van der Waals surface area contributed by atoms with Crippen molar-refractivity contribution < 1.29 is 0 Å². The molecule has 0 saturated heterocycles. The van der Waals surface area contributed by atoms with Crippen molar-refractivity contribution in [2.45, 2.75) is 0 Å². The Bertz CT molecular complexity index is 601. The number of H-pyrrole nitrogens is 2. The van der Waals surface area contributed by atoms with E-state index in [-0.39, 0.29) is 11.1 Å². The number of nitrogens with one attached hydrogen (secondary N) is 2. The molecule has 2 N–H and O–H groups in total. The quantitative estimate of drug-likeness (QED) is 0.822. The molecule has 0 spiro atoms. The summed E-state index contributed by atoms with van der Waals surface area (Å²) >= 11 is 3.30. The number of rotatable bonds is 1. The zero-order valence-electron chi connectivity index (χ0n) is 7.58. The zero-order chi connectivity index (χ0) is 10.8. The maximum atomic E-state index is 11.4. The van der Waals surface area contributed by atoms with Crippen molar-refractivity contribution in [1.82, 2.24) is 10.2 Å². The van der Waals surface area contributed by atoms with Crippen molar-refractivity contribution in [3.05, 3.63) is 55.5 Å². The van der Waals surface area contributed by atoms with Crippen LogP contribution in [0.3, 0.4) is 0 Å². The number of aromatic nitrogens is 2. The summed E-state index contributed by atoms with van der Waals surface area (Å²) in [4.78, 5) is 22.5. The Morgan fingerprint density at radius 2 is 1.87 bits per heavy atom. The fraction of sp³-hybridized carbons (Fsp3) is 0. The van der Waals surface area contributed by atoms with Crippen molar-refractivity contribution in [3.8, 4) is 11.1 Å². The molecule has 0 fully saturated rings. The zero-order valence-corrected chi connectivity index (χ0v) is 9.17. The highest BCUT2D eigenvalue weighted by molar-refractivity contribution is 9.10. The molecule has 0 radical (unpaired) electrons. The molecule has 0 aliphatic rings. The molecule has 0 amide bonds. The van der Waals surface area contributed by atoms with Gasteiger partial charge in [-0.3, -0.25) is 19.8 Å². The van der Waals surface area contributed by atoms with Crippen molar-refractivity contribution in [2.75, 3.05) is 0 Å². The maximum absolute atomic E-state index is 11.4. The summed E-state index contributed by atoms with van der Waals surface area (Å²) in [5, 5.41) is 4.50. The second kappa shape index (κ2) is 3.86. The summed E-state index contributed by atoms with van der Waals surface area (Å²) in [6, 6.07) is 8.49. The van der Waals surface area contributed by atoms with Gasteiger partial charge in [0.25, 0.3) is 11.1 Å². The van der Waals surface area contributed by atoms with Crippen LogP contribution in [0.5, 0.6) is 0 Å². The third-order valence-electron chi connectivity index (χ3n) is 1.95. The van der Waals surface area contributed by atoms with Gasteiger partial charge in [0.2, 0.25) is 0 Å². The van der Waals surface area contributed by atoms with Gasteiger partial charge in [-0.1, -0.05) is 28.1 Å². The van der Waals surface area contributed by atoms with E-state index < -0.39 is 0 Å². The first-order valence-electron chi connectivity index (χ1n) is 4.25. The second-order valence-electron chi connectivity index (χ2n) is 3.01. The molecule has 76 valence electrons. The third-order valence-corrected chi connectivity index (χ3v) is 2.45. The van der Waals surface area contributed by atoms with Crippen LogP contribution in [0, 0.1) is 0 Å². The summed E-state index contributed by atoms with van der Waals surface area (Å²) in [5.41, 5.74) is 0.425. The summed E-state index contributed by atoms with van der Waals surface area (Å²) in [6.45, 7) is 0. The van der Waals surface area contributed by atoms with Crippen LogP contribution in [-0.4, -0.2) is 10.2 Å². The van der Waals surface area contributed by atoms with E-state index in [1.165, 1.54) is 6.07 Å². The Hall–Kier alpha value is -1.62. The second-order valence-corrected chi connectivity index (χ2v) is 3.93. The van der Waals surface area contributed by atoms with Crippen molar-refractivity contribution >= 4 is 15.9 Å². The lowest BCUT2D eigenvalue weighted by Crippen LogP contribution is -2.19. The Labute approximate surface area is 93.1 Å². The molecule has 1 aromatic carbocycles. The SMILES string of the molecule is O=c1cc(-c2cccc(Br)c2)c(=O)[nH][nH]1. The Balaban J connectivity index is 2.69. The van der Waals surface area contributed by atoms with Gasteiger partial charge in [-0.2, -0.15) is 0 Å². The van der Waals surface area contributed by atoms with E-state index in [2.05, 4.69) is 26.1 Å². The predicted molar refractivity (Wildman–Crippen MR) is 60.8 cm³/mol. The van der Waals surface area contributed by atoms with Crippen molar-refractivity contribution in [2.24, 2.45) is 0 Å². The minimum Gasteiger partial charge on any atom is -0.268 e. The van der Waals surface area contributed by atoms with Crippen LogP contribution < -0.4 is 11.1 Å². The van der Waals surface area contributed by atoms with Gasteiger partial charge in [0, 0.05) is 10.5 Å². The number of hydrogen-bond donors (Lipinski definition) is 2. The van der Waals surface area contributed by atoms with Gasteiger partial charge in [0.05, 0.1) is 5.56 Å². The van der Waals surface area contributed by atoms with Gasteiger partial charge in [-0.25, -0.2) is 0 Å². The minimum absolute atomic E-state index is 0.312.